The molecule has 5 nitrogen and oxygen atoms in total. The monoisotopic (exact) mass is 259 g/mol. The summed E-state index contributed by atoms with van der Waals surface area (Å²) < 4.78 is 25.2. The Morgan fingerprint density at radius 3 is 2.41 bits per heavy atom. The molecule has 0 saturated heterocycles. The number of likely N-dealkylation sites (N-methyl/N-ethyl adjacent to an activating group) is 1. The van der Waals surface area contributed by atoms with Crippen LogP contribution in [0.15, 0.2) is 29.2 Å². The number of phenols is 1. The van der Waals surface area contributed by atoms with Crippen molar-refractivity contribution in [1.82, 2.24) is 4.31 Å². The fourth-order valence-corrected chi connectivity index (χ4v) is 2.82. The number of hydrogen-bond donors (Lipinski definition) is 2. The second kappa shape index (κ2) is 4.64. The zero-order valence-electron chi connectivity index (χ0n) is 10.1. The van der Waals surface area contributed by atoms with E-state index in [4.69, 9.17) is 0 Å². The molecular weight excluding hydrogens is 242 g/mol. The number of aromatic hydroxyl groups is 1. The van der Waals surface area contributed by atoms with Crippen LogP contribution >= 0.6 is 0 Å². The van der Waals surface area contributed by atoms with Gasteiger partial charge in [0.05, 0.1) is 10.5 Å². The molecule has 0 aliphatic heterocycles. The molecule has 0 heterocycles. The summed E-state index contributed by atoms with van der Waals surface area (Å²) in [6, 6.07) is 5.43. The van der Waals surface area contributed by atoms with Crippen LogP contribution in [0, 0.1) is 0 Å². The molecule has 0 aliphatic carbocycles. The van der Waals surface area contributed by atoms with Crippen molar-refractivity contribution in [3.05, 3.63) is 24.3 Å². The van der Waals surface area contributed by atoms with Crippen LogP contribution in [0.1, 0.15) is 13.8 Å². The largest absolute Gasteiger partial charge is 0.508 e. The van der Waals surface area contributed by atoms with Crippen LogP contribution in [0.3, 0.4) is 0 Å². The molecule has 2 N–H and O–H groups in total. The zero-order chi connectivity index (χ0) is 13.3. The van der Waals surface area contributed by atoms with E-state index >= 15 is 0 Å². The van der Waals surface area contributed by atoms with Gasteiger partial charge in [-0.05, 0) is 32.0 Å². The normalized spacial score (nSPS) is 13.0. The average Bonchev–Trinajstić information content (AvgIpc) is 2.15. The Morgan fingerprint density at radius 1 is 1.35 bits per heavy atom. The van der Waals surface area contributed by atoms with Gasteiger partial charge in [-0.3, -0.25) is 0 Å². The first-order valence-corrected chi connectivity index (χ1v) is 6.55. The highest BCUT2D eigenvalue weighted by molar-refractivity contribution is 7.89. The maximum absolute atomic E-state index is 12.1. The second-order valence-corrected chi connectivity index (χ2v) is 6.62. The summed E-state index contributed by atoms with van der Waals surface area (Å²) in [4.78, 5) is 0.00394. The molecule has 96 valence electrons. The van der Waals surface area contributed by atoms with Crippen molar-refractivity contribution in [3.63, 3.8) is 0 Å². The van der Waals surface area contributed by atoms with E-state index in [0.717, 1.165) is 4.31 Å². The molecule has 0 aliphatic rings. The summed E-state index contributed by atoms with van der Waals surface area (Å²) in [6.45, 7) is 3.04. The van der Waals surface area contributed by atoms with Gasteiger partial charge in [-0.2, -0.15) is 4.31 Å². The number of hydrogen-bond acceptors (Lipinski definition) is 4. The van der Waals surface area contributed by atoms with Gasteiger partial charge in [0.25, 0.3) is 0 Å². The van der Waals surface area contributed by atoms with Crippen LogP contribution in [0.4, 0.5) is 0 Å². The fraction of sp³-hybridized carbons (Fsp3) is 0.455. The van der Waals surface area contributed by atoms with Crippen LogP contribution in [0.2, 0.25) is 0 Å². The standard InChI is InChI=1S/C11H17NO4S/c1-11(2,14)8-12(3)17(15,16)10-6-4-5-9(13)7-10/h4-7,13-14H,8H2,1-3H3. The van der Waals surface area contributed by atoms with Gasteiger partial charge < -0.3 is 10.2 Å². The Morgan fingerprint density at radius 2 is 1.94 bits per heavy atom. The minimum Gasteiger partial charge on any atom is -0.508 e. The van der Waals surface area contributed by atoms with E-state index in [9.17, 15) is 18.6 Å². The molecular formula is C11H17NO4S. The van der Waals surface area contributed by atoms with Gasteiger partial charge >= 0.3 is 0 Å². The van der Waals surface area contributed by atoms with Gasteiger partial charge in [0.2, 0.25) is 10.0 Å². The van der Waals surface area contributed by atoms with E-state index in [1.807, 2.05) is 0 Å². The molecule has 6 heteroatoms. The van der Waals surface area contributed by atoms with Gasteiger partial charge in [0.1, 0.15) is 5.75 Å². The Bertz CT molecular complexity index is 490. The van der Waals surface area contributed by atoms with Crippen molar-refractivity contribution in [3.8, 4) is 5.75 Å². The van der Waals surface area contributed by atoms with Gasteiger partial charge in [0.15, 0.2) is 0 Å². The SMILES string of the molecule is CN(CC(C)(C)O)S(=O)(=O)c1cccc(O)c1. The van der Waals surface area contributed by atoms with Crippen LogP contribution in [-0.4, -0.2) is 42.1 Å². The van der Waals surface area contributed by atoms with Gasteiger partial charge in [0, 0.05) is 13.6 Å². The van der Waals surface area contributed by atoms with Crippen molar-refractivity contribution in [2.24, 2.45) is 0 Å². The van der Waals surface area contributed by atoms with Crippen molar-refractivity contribution >= 4 is 10.0 Å². The lowest BCUT2D eigenvalue weighted by Crippen LogP contribution is -2.39. The molecule has 0 radical (unpaired) electrons. The summed E-state index contributed by atoms with van der Waals surface area (Å²) >= 11 is 0. The quantitative estimate of drug-likeness (QED) is 0.837. The number of nitrogens with zero attached hydrogens (tertiary/aromatic N) is 1. The third-order valence-corrected chi connectivity index (χ3v) is 3.93. The minimum absolute atomic E-state index is 0.00394. The van der Waals surface area contributed by atoms with Crippen LogP contribution in [-0.2, 0) is 10.0 Å². The number of aliphatic hydroxyl groups is 1. The molecule has 0 bridgehead atoms. The van der Waals surface area contributed by atoms with E-state index < -0.39 is 15.6 Å². The van der Waals surface area contributed by atoms with Crippen LogP contribution in [0.25, 0.3) is 0 Å². The third-order valence-electron chi connectivity index (χ3n) is 2.14. The van der Waals surface area contributed by atoms with E-state index in [1.54, 1.807) is 0 Å². The van der Waals surface area contributed by atoms with Crippen molar-refractivity contribution in [1.29, 1.82) is 0 Å². The minimum atomic E-state index is -3.68. The Balaban J connectivity index is 3.04. The first-order valence-electron chi connectivity index (χ1n) is 5.11. The maximum Gasteiger partial charge on any atom is 0.243 e. The van der Waals surface area contributed by atoms with Gasteiger partial charge in [-0.25, -0.2) is 8.42 Å². The number of benzene rings is 1. The topological polar surface area (TPSA) is 77.8 Å². The lowest BCUT2D eigenvalue weighted by molar-refractivity contribution is 0.0640. The fourth-order valence-electron chi connectivity index (χ4n) is 1.45. The predicted molar refractivity (Wildman–Crippen MR) is 64.2 cm³/mol. The Labute approximate surface area is 101 Å². The Hall–Kier alpha value is -1.11. The highest BCUT2D eigenvalue weighted by Crippen LogP contribution is 2.20. The molecule has 0 unspecified atom stereocenters. The zero-order valence-corrected chi connectivity index (χ0v) is 10.9. The number of rotatable bonds is 4. The van der Waals surface area contributed by atoms with Crippen LogP contribution < -0.4 is 0 Å². The van der Waals surface area contributed by atoms with Crippen LogP contribution in [0.5, 0.6) is 5.75 Å². The van der Waals surface area contributed by atoms with Crippen molar-refractivity contribution in [2.75, 3.05) is 13.6 Å². The molecule has 0 saturated carbocycles. The molecule has 0 aromatic heterocycles. The lowest BCUT2D eigenvalue weighted by Gasteiger charge is -2.25. The van der Waals surface area contributed by atoms with Crippen molar-refractivity contribution in [2.45, 2.75) is 24.3 Å². The molecule has 1 aromatic carbocycles. The van der Waals surface area contributed by atoms with Gasteiger partial charge in [-0.1, -0.05) is 6.07 Å². The van der Waals surface area contributed by atoms with E-state index in [2.05, 4.69) is 0 Å². The molecule has 0 fully saturated rings. The number of phenolic OH excluding ortho intramolecular Hbond substituents is 1. The van der Waals surface area contributed by atoms with E-state index in [0.29, 0.717) is 0 Å². The number of sulfonamides is 1. The van der Waals surface area contributed by atoms with Gasteiger partial charge in [-0.15, -0.1) is 0 Å². The van der Waals surface area contributed by atoms with E-state index in [1.165, 1.54) is 45.2 Å². The molecule has 0 amide bonds. The Kier molecular flexibility index (Phi) is 3.81. The first-order chi connectivity index (χ1) is 7.63. The highest BCUT2D eigenvalue weighted by Gasteiger charge is 2.26. The summed E-state index contributed by atoms with van der Waals surface area (Å²) in [5.41, 5.74) is -1.11. The molecule has 1 rings (SSSR count). The summed E-state index contributed by atoms with van der Waals surface area (Å²) in [5, 5.41) is 18.9. The maximum atomic E-state index is 12.1. The summed E-state index contributed by atoms with van der Waals surface area (Å²) in [6.07, 6.45) is 0. The van der Waals surface area contributed by atoms with Crippen molar-refractivity contribution < 1.29 is 18.6 Å². The summed E-state index contributed by atoms with van der Waals surface area (Å²) in [5.74, 6) is -0.109. The first kappa shape index (κ1) is 14.0. The lowest BCUT2D eigenvalue weighted by atomic mass is 10.1. The highest BCUT2D eigenvalue weighted by atomic mass is 32.2. The third kappa shape index (κ3) is 3.69. The molecule has 1 aromatic rings. The molecule has 0 atom stereocenters. The smallest absolute Gasteiger partial charge is 0.243 e. The predicted octanol–water partition coefficient (Wildman–Crippen LogP) is 0.784. The molecule has 0 spiro atoms. The molecule has 17 heavy (non-hydrogen) atoms. The van der Waals surface area contributed by atoms with E-state index in [-0.39, 0.29) is 17.2 Å². The summed E-state index contributed by atoms with van der Waals surface area (Å²) in [7, 11) is -2.30. The second-order valence-electron chi connectivity index (χ2n) is 4.57. The average molecular weight is 259 g/mol.